The lowest BCUT2D eigenvalue weighted by Gasteiger charge is -2.16. The van der Waals surface area contributed by atoms with Gasteiger partial charge in [-0.1, -0.05) is 6.07 Å². The molecule has 0 N–H and O–H groups in total. The van der Waals surface area contributed by atoms with Crippen LogP contribution in [0.2, 0.25) is 0 Å². The van der Waals surface area contributed by atoms with Crippen LogP contribution in [-0.2, 0) is 6.42 Å². The van der Waals surface area contributed by atoms with E-state index in [-0.39, 0.29) is 11.6 Å². The van der Waals surface area contributed by atoms with Crippen LogP contribution in [0.3, 0.4) is 0 Å². The van der Waals surface area contributed by atoms with Crippen molar-refractivity contribution in [1.82, 2.24) is 9.97 Å². The number of thiophene rings is 1. The highest BCUT2D eigenvalue weighted by Crippen LogP contribution is 2.36. The Morgan fingerprint density at radius 1 is 1.27 bits per heavy atom. The summed E-state index contributed by atoms with van der Waals surface area (Å²) in [7, 11) is 0. The standard InChI is InChI=1S/C18H16N4O3S/c1-9-15-10(2)19-11(3)20-17(15)26-16(9)18(23)21-7-6-12-4-5-13(22(24)25)8-14(12)21/h4-5,8H,6-7H2,1-3H3. The van der Waals surface area contributed by atoms with E-state index in [0.29, 0.717) is 29.4 Å². The fourth-order valence-electron chi connectivity index (χ4n) is 3.49. The molecule has 0 radical (unpaired) electrons. The summed E-state index contributed by atoms with van der Waals surface area (Å²) < 4.78 is 0. The van der Waals surface area contributed by atoms with Crippen molar-refractivity contribution in [3.8, 4) is 0 Å². The van der Waals surface area contributed by atoms with Crippen LogP contribution in [0, 0.1) is 30.9 Å². The summed E-state index contributed by atoms with van der Waals surface area (Å²) in [5.41, 5.74) is 3.30. The van der Waals surface area contributed by atoms with E-state index in [1.165, 1.54) is 23.5 Å². The Labute approximate surface area is 153 Å². The molecule has 0 saturated carbocycles. The van der Waals surface area contributed by atoms with Crippen LogP contribution in [0.5, 0.6) is 0 Å². The molecule has 1 aliphatic rings. The Balaban J connectivity index is 1.80. The van der Waals surface area contributed by atoms with E-state index in [1.54, 1.807) is 11.0 Å². The maximum Gasteiger partial charge on any atom is 0.271 e. The van der Waals surface area contributed by atoms with Crippen molar-refractivity contribution in [1.29, 1.82) is 0 Å². The minimum atomic E-state index is -0.437. The average molecular weight is 368 g/mol. The first kappa shape index (κ1) is 16.6. The third-order valence-electron chi connectivity index (χ3n) is 4.70. The van der Waals surface area contributed by atoms with Crippen LogP contribution in [0.1, 0.15) is 32.3 Å². The summed E-state index contributed by atoms with van der Waals surface area (Å²) >= 11 is 1.36. The smallest absolute Gasteiger partial charge is 0.271 e. The highest BCUT2D eigenvalue weighted by atomic mass is 32.1. The van der Waals surface area contributed by atoms with Crippen molar-refractivity contribution < 1.29 is 9.72 Å². The summed E-state index contributed by atoms with van der Waals surface area (Å²) in [6.07, 6.45) is 0.695. The highest BCUT2D eigenvalue weighted by Gasteiger charge is 2.30. The van der Waals surface area contributed by atoms with E-state index in [2.05, 4.69) is 9.97 Å². The van der Waals surface area contributed by atoms with Crippen LogP contribution in [0.15, 0.2) is 18.2 Å². The molecule has 0 spiro atoms. The van der Waals surface area contributed by atoms with Crippen LogP contribution >= 0.6 is 11.3 Å². The van der Waals surface area contributed by atoms with E-state index < -0.39 is 4.92 Å². The molecule has 26 heavy (non-hydrogen) atoms. The van der Waals surface area contributed by atoms with Gasteiger partial charge in [0.1, 0.15) is 10.7 Å². The number of aromatic nitrogens is 2. The van der Waals surface area contributed by atoms with Crippen molar-refractivity contribution in [3.63, 3.8) is 0 Å². The molecule has 0 bridgehead atoms. The number of rotatable bonds is 2. The number of benzene rings is 1. The van der Waals surface area contributed by atoms with Gasteiger partial charge in [-0.05, 0) is 38.3 Å². The van der Waals surface area contributed by atoms with E-state index in [4.69, 9.17) is 0 Å². The van der Waals surface area contributed by atoms with Crippen LogP contribution < -0.4 is 4.90 Å². The fraction of sp³-hybridized carbons (Fsp3) is 0.278. The number of fused-ring (bicyclic) bond motifs is 2. The molecule has 8 heteroatoms. The number of aryl methyl sites for hydroxylation is 3. The Morgan fingerprint density at radius 2 is 2.04 bits per heavy atom. The molecule has 132 valence electrons. The summed E-state index contributed by atoms with van der Waals surface area (Å²) in [5, 5.41) is 12.0. The van der Waals surface area contributed by atoms with E-state index in [0.717, 1.165) is 27.0 Å². The van der Waals surface area contributed by atoms with Crippen LogP contribution in [0.4, 0.5) is 11.4 Å². The van der Waals surface area contributed by atoms with Gasteiger partial charge in [0.05, 0.1) is 15.5 Å². The zero-order chi connectivity index (χ0) is 18.6. The Bertz CT molecular complexity index is 1090. The first-order valence-electron chi connectivity index (χ1n) is 8.20. The van der Waals surface area contributed by atoms with Crippen molar-refractivity contribution >= 4 is 38.8 Å². The number of carbonyl (C=O) groups excluding carboxylic acids is 1. The molecule has 1 aromatic carbocycles. The number of non-ortho nitro benzene ring substituents is 1. The molecule has 0 aliphatic carbocycles. The van der Waals surface area contributed by atoms with Gasteiger partial charge in [-0.3, -0.25) is 14.9 Å². The maximum absolute atomic E-state index is 13.2. The predicted octanol–water partition coefficient (Wildman–Crippen LogP) is 3.73. The maximum atomic E-state index is 13.2. The van der Waals surface area contributed by atoms with Gasteiger partial charge in [0.2, 0.25) is 0 Å². The van der Waals surface area contributed by atoms with Gasteiger partial charge in [0.15, 0.2) is 0 Å². The molecule has 0 fully saturated rings. The monoisotopic (exact) mass is 368 g/mol. The third-order valence-corrected chi connectivity index (χ3v) is 5.87. The first-order valence-corrected chi connectivity index (χ1v) is 9.02. The van der Waals surface area contributed by atoms with Gasteiger partial charge in [0.25, 0.3) is 11.6 Å². The second-order valence-corrected chi connectivity index (χ2v) is 7.37. The summed E-state index contributed by atoms with van der Waals surface area (Å²) in [4.78, 5) is 35.7. The Kier molecular flexibility index (Phi) is 3.73. The SMILES string of the molecule is Cc1nc(C)c2c(C)c(C(=O)N3CCc4ccc([N+](=O)[O-])cc43)sc2n1. The third kappa shape index (κ3) is 2.45. The second-order valence-electron chi connectivity index (χ2n) is 6.37. The number of nitro groups is 1. The first-order chi connectivity index (χ1) is 12.4. The number of hydrogen-bond donors (Lipinski definition) is 0. The molecule has 1 amide bonds. The van der Waals surface area contributed by atoms with Crippen molar-refractivity contribution in [3.05, 3.63) is 55.8 Å². The Hall–Kier alpha value is -2.87. The van der Waals surface area contributed by atoms with Gasteiger partial charge in [-0.25, -0.2) is 9.97 Å². The molecular formula is C18H16N4O3S. The molecule has 4 rings (SSSR count). The molecule has 0 atom stereocenters. The largest absolute Gasteiger partial charge is 0.307 e. The average Bonchev–Trinajstić information content (AvgIpc) is 3.14. The molecule has 0 unspecified atom stereocenters. The molecule has 1 aliphatic heterocycles. The zero-order valence-corrected chi connectivity index (χ0v) is 15.4. The molecule has 0 saturated heterocycles. The quantitative estimate of drug-likeness (QED) is 0.508. The highest BCUT2D eigenvalue weighted by molar-refractivity contribution is 7.20. The van der Waals surface area contributed by atoms with Crippen molar-refractivity contribution in [2.75, 3.05) is 11.4 Å². The van der Waals surface area contributed by atoms with E-state index in [9.17, 15) is 14.9 Å². The number of amides is 1. The Morgan fingerprint density at radius 3 is 2.77 bits per heavy atom. The lowest BCUT2D eigenvalue weighted by atomic mass is 10.1. The summed E-state index contributed by atoms with van der Waals surface area (Å²) in [5.74, 6) is 0.541. The van der Waals surface area contributed by atoms with Crippen molar-refractivity contribution in [2.45, 2.75) is 27.2 Å². The van der Waals surface area contributed by atoms with E-state index in [1.807, 2.05) is 20.8 Å². The molecule has 3 heterocycles. The van der Waals surface area contributed by atoms with E-state index >= 15 is 0 Å². The zero-order valence-electron chi connectivity index (χ0n) is 14.6. The number of nitrogens with zero attached hydrogens (tertiary/aromatic N) is 4. The molecule has 2 aromatic heterocycles. The number of anilines is 1. The lowest BCUT2D eigenvalue weighted by molar-refractivity contribution is -0.384. The minimum absolute atomic E-state index is 0.00570. The predicted molar refractivity (Wildman–Crippen MR) is 100 cm³/mol. The fourth-order valence-corrected chi connectivity index (χ4v) is 4.72. The van der Waals surface area contributed by atoms with Crippen LogP contribution in [-0.4, -0.2) is 27.3 Å². The van der Waals surface area contributed by atoms with Gasteiger partial charge in [-0.2, -0.15) is 0 Å². The normalized spacial score (nSPS) is 13.3. The summed E-state index contributed by atoms with van der Waals surface area (Å²) in [6.45, 7) is 6.17. The molecular weight excluding hydrogens is 352 g/mol. The number of nitro benzene ring substituents is 1. The second kappa shape index (κ2) is 5.84. The van der Waals surface area contributed by atoms with Crippen LogP contribution in [0.25, 0.3) is 10.2 Å². The topological polar surface area (TPSA) is 89.2 Å². The minimum Gasteiger partial charge on any atom is -0.307 e. The van der Waals surface area contributed by atoms with Gasteiger partial charge in [0, 0.05) is 29.8 Å². The number of hydrogen-bond acceptors (Lipinski definition) is 6. The van der Waals surface area contributed by atoms with Gasteiger partial charge in [-0.15, -0.1) is 11.3 Å². The van der Waals surface area contributed by atoms with Gasteiger partial charge < -0.3 is 4.90 Å². The van der Waals surface area contributed by atoms with Gasteiger partial charge >= 0.3 is 0 Å². The number of carbonyl (C=O) groups is 1. The molecule has 7 nitrogen and oxygen atoms in total. The lowest BCUT2D eigenvalue weighted by Crippen LogP contribution is -2.28. The van der Waals surface area contributed by atoms with Crippen molar-refractivity contribution in [2.24, 2.45) is 0 Å². The molecule has 3 aromatic rings. The summed E-state index contributed by atoms with van der Waals surface area (Å²) in [6, 6.07) is 4.70.